The van der Waals surface area contributed by atoms with Crippen LogP contribution in [0.5, 0.6) is 0 Å². The summed E-state index contributed by atoms with van der Waals surface area (Å²) in [4.78, 5) is 21.7. The maximum Gasteiger partial charge on any atom is 0.186 e. The first kappa shape index (κ1) is 27.0. The number of ether oxygens (including phenoxy) is 2. The third kappa shape index (κ3) is 7.29. The van der Waals surface area contributed by atoms with E-state index in [0.717, 1.165) is 0 Å². The zero-order valence-electron chi connectivity index (χ0n) is 17.1. The van der Waals surface area contributed by atoms with Crippen molar-refractivity contribution in [3.8, 4) is 0 Å². The minimum absolute atomic E-state index is 0.127. The lowest BCUT2D eigenvalue weighted by atomic mass is 9.88. The number of rotatable bonds is 13. The van der Waals surface area contributed by atoms with Gasteiger partial charge in [0.2, 0.25) is 0 Å². The van der Waals surface area contributed by atoms with Gasteiger partial charge in [-0.25, -0.2) is 0 Å². The molecule has 1 saturated heterocycles. The number of aliphatic hydroxyl groups is 7. The topological polar surface area (TPSA) is 194 Å². The summed E-state index contributed by atoms with van der Waals surface area (Å²) in [5.41, 5.74) is 0. The third-order valence-electron chi connectivity index (χ3n) is 5.53. The molecule has 1 aliphatic heterocycles. The van der Waals surface area contributed by atoms with E-state index in [1.807, 2.05) is 0 Å². The largest absolute Gasteiger partial charge is 0.394 e. The molecule has 0 saturated carbocycles. The summed E-state index contributed by atoms with van der Waals surface area (Å²) in [6, 6.07) is 0. The standard InChI is InChI=1S/C19H34O11/c1-9(7-21)14(6-13(25)10(2)12(24)5-11(23)3-4-20)29-19-18(28)17(27)16(26)15(8-22)30-19/h4,7,9-19,22-28H,3,5-6,8H2,1-2H3/t9-,10-,11-,12+,13+,14+,15+,16+,17-,18-,19+/m0/s1. The van der Waals surface area contributed by atoms with Gasteiger partial charge in [-0.15, -0.1) is 0 Å². The van der Waals surface area contributed by atoms with Gasteiger partial charge in [-0.1, -0.05) is 13.8 Å². The van der Waals surface area contributed by atoms with Gasteiger partial charge in [0, 0.05) is 24.7 Å². The van der Waals surface area contributed by atoms with Crippen molar-refractivity contribution < 1.29 is 54.8 Å². The zero-order valence-corrected chi connectivity index (χ0v) is 17.1. The molecule has 1 heterocycles. The lowest BCUT2D eigenvalue weighted by Gasteiger charge is -2.41. The van der Waals surface area contributed by atoms with Crippen molar-refractivity contribution in [3.05, 3.63) is 0 Å². The fraction of sp³-hybridized carbons (Fsp3) is 0.895. The average Bonchev–Trinajstić information content (AvgIpc) is 2.72. The van der Waals surface area contributed by atoms with Crippen molar-refractivity contribution >= 4 is 12.6 Å². The molecule has 0 aromatic carbocycles. The van der Waals surface area contributed by atoms with E-state index >= 15 is 0 Å². The summed E-state index contributed by atoms with van der Waals surface area (Å²) >= 11 is 0. The minimum Gasteiger partial charge on any atom is -0.394 e. The van der Waals surface area contributed by atoms with Crippen LogP contribution < -0.4 is 0 Å². The lowest BCUT2D eigenvalue weighted by molar-refractivity contribution is -0.315. The van der Waals surface area contributed by atoms with Crippen LogP contribution in [0.25, 0.3) is 0 Å². The van der Waals surface area contributed by atoms with E-state index in [-0.39, 0.29) is 19.3 Å². The summed E-state index contributed by atoms with van der Waals surface area (Å²) in [6.45, 7) is 2.39. The molecule has 11 nitrogen and oxygen atoms in total. The van der Waals surface area contributed by atoms with Gasteiger partial charge in [-0.3, -0.25) is 0 Å². The number of aliphatic hydroxyl groups excluding tert-OH is 7. The van der Waals surface area contributed by atoms with Crippen molar-refractivity contribution in [2.75, 3.05) is 6.61 Å². The van der Waals surface area contributed by atoms with Gasteiger partial charge < -0.3 is 54.8 Å². The Balaban J connectivity index is 2.82. The molecular weight excluding hydrogens is 404 g/mol. The maximum absolute atomic E-state index is 11.3. The Hall–Kier alpha value is -1.02. The number of hydrogen-bond acceptors (Lipinski definition) is 11. The Kier molecular flexibility index (Phi) is 11.5. The SMILES string of the molecule is C[C@@H]([C@H](O)C[C@@H](O)CC=O)[C@H](O)C[C@@H](O[C@@H]1O[C@H](CO)[C@@H](O)[C@H](O)[C@@H]1O)[C@@H](C)C=O. The first-order valence-corrected chi connectivity index (χ1v) is 9.96. The molecule has 0 radical (unpaired) electrons. The van der Waals surface area contributed by atoms with E-state index in [1.54, 1.807) is 0 Å². The van der Waals surface area contributed by atoms with Crippen LogP contribution in [0.15, 0.2) is 0 Å². The van der Waals surface area contributed by atoms with Crippen molar-refractivity contribution in [2.45, 2.75) is 88.2 Å². The molecule has 176 valence electrons. The molecular formula is C19H34O11. The third-order valence-corrected chi connectivity index (χ3v) is 5.53. The average molecular weight is 438 g/mol. The molecule has 1 aliphatic rings. The molecule has 11 heteroatoms. The summed E-state index contributed by atoms with van der Waals surface area (Å²) < 4.78 is 10.9. The minimum atomic E-state index is -1.66. The molecule has 0 amide bonds. The second-order valence-electron chi connectivity index (χ2n) is 7.89. The Labute approximate surface area is 174 Å². The molecule has 7 N–H and O–H groups in total. The van der Waals surface area contributed by atoms with Crippen molar-refractivity contribution in [3.63, 3.8) is 0 Å². The van der Waals surface area contributed by atoms with Crippen LogP contribution in [-0.4, -0.2) is 110 Å². The molecule has 30 heavy (non-hydrogen) atoms. The highest BCUT2D eigenvalue weighted by Gasteiger charge is 2.45. The monoisotopic (exact) mass is 438 g/mol. The second kappa shape index (κ2) is 12.7. The van der Waals surface area contributed by atoms with Crippen LogP contribution in [0, 0.1) is 11.8 Å². The fourth-order valence-electron chi connectivity index (χ4n) is 3.24. The zero-order chi connectivity index (χ0) is 23.0. The quantitative estimate of drug-likeness (QED) is 0.146. The van der Waals surface area contributed by atoms with Crippen molar-refractivity contribution in [1.82, 2.24) is 0 Å². The smallest absolute Gasteiger partial charge is 0.186 e. The van der Waals surface area contributed by atoms with Gasteiger partial charge in [0.1, 0.15) is 37.0 Å². The fourth-order valence-corrected chi connectivity index (χ4v) is 3.24. The molecule has 11 atom stereocenters. The predicted molar refractivity (Wildman–Crippen MR) is 101 cm³/mol. The van der Waals surface area contributed by atoms with Crippen molar-refractivity contribution in [2.24, 2.45) is 11.8 Å². The van der Waals surface area contributed by atoms with E-state index in [1.165, 1.54) is 13.8 Å². The number of aldehydes is 2. The van der Waals surface area contributed by atoms with E-state index < -0.39 is 73.6 Å². The molecule has 0 bridgehead atoms. The number of hydrogen-bond donors (Lipinski definition) is 7. The Morgan fingerprint density at radius 3 is 2.10 bits per heavy atom. The molecule has 0 aliphatic carbocycles. The van der Waals surface area contributed by atoms with E-state index in [0.29, 0.717) is 12.6 Å². The highest BCUT2D eigenvalue weighted by atomic mass is 16.7. The first-order valence-electron chi connectivity index (χ1n) is 9.96. The van der Waals surface area contributed by atoms with Crippen LogP contribution in [0.1, 0.15) is 33.1 Å². The van der Waals surface area contributed by atoms with Gasteiger partial charge in [-0.05, 0) is 6.42 Å². The summed E-state index contributed by atoms with van der Waals surface area (Å²) in [5.74, 6) is -1.51. The van der Waals surface area contributed by atoms with E-state index in [4.69, 9.17) is 9.47 Å². The predicted octanol–water partition coefficient (Wildman–Crippen LogP) is -2.91. The lowest BCUT2D eigenvalue weighted by Crippen LogP contribution is -2.60. The number of carbonyl (C=O) groups excluding carboxylic acids is 2. The molecule has 0 aromatic heterocycles. The summed E-state index contributed by atoms with van der Waals surface area (Å²) in [7, 11) is 0. The van der Waals surface area contributed by atoms with Crippen LogP contribution in [0.2, 0.25) is 0 Å². The molecule has 1 rings (SSSR count). The van der Waals surface area contributed by atoms with E-state index in [2.05, 4.69) is 0 Å². The van der Waals surface area contributed by atoms with Gasteiger partial charge in [-0.2, -0.15) is 0 Å². The molecule has 0 aromatic rings. The highest BCUT2D eigenvalue weighted by Crippen LogP contribution is 2.27. The molecule has 0 unspecified atom stereocenters. The normalized spacial score (nSPS) is 33.2. The Morgan fingerprint density at radius 2 is 1.57 bits per heavy atom. The number of carbonyl (C=O) groups is 2. The van der Waals surface area contributed by atoms with Crippen LogP contribution in [-0.2, 0) is 19.1 Å². The molecule has 1 fully saturated rings. The highest BCUT2D eigenvalue weighted by molar-refractivity contribution is 5.53. The van der Waals surface area contributed by atoms with E-state index in [9.17, 15) is 45.3 Å². The second-order valence-corrected chi connectivity index (χ2v) is 7.89. The van der Waals surface area contributed by atoms with Gasteiger partial charge in [0.25, 0.3) is 0 Å². The van der Waals surface area contributed by atoms with Gasteiger partial charge >= 0.3 is 0 Å². The van der Waals surface area contributed by atoms with Crippen LogP contribution in [0.3, 0.4) is 0 Å². The maximum atomic E-state index is 11.3. The van der Waals surface area contributed by atoms with Crippen molar-refractivity contribution in [1.29, 1.82) is 0 Å². The Bertz CT molecular complexity index is 517. The Morgan fingerprint density at radius 1 is 0.967 bits per heavy atom. The van der Waals surface area contributed by atoms with Gasteiger partial charge in [0.15, 0.2) is 6.29 Å². The first-order chi connectivity index (χ1) is 14.1. The van der Waals surface area contributed by atoms with Gasteiger partial charge in [0.05, 0.1) is 31.0 Å². The molecule has 0 spiro atoms. The van der Waals surface area contributed by atoms with Crippen LogP contribution in [0.4, 0.5) is 0 Å². The van der Waals surface area contributed by atoms with Crippen LogP contribution >= 0.6 is 0 Å². The summed E-state index contributed by atoms with van der Waals surface area (Å²) in [6.07, 6.45) is -11.2. The summed E-state index contributed by atoms with van der Waals surface area (Å²) in [5, 5.41) is 69.4.